The molecule has 0 aliphatic carbocycles. The summed E-state index contributed by atoms with van der Waals surface area (Å²) >= 11 is 0.855. The van der Waals surface area contributed by atoms with Crippen molar-refractivity contribution in [1.29, 1.82) is 0 Å². The van der Waals surface area contributed by atoms with E-state index in [4.69, 9.17) is 8.92 Å². The molecule has 0 spiro atoms. The van der Waals surface area contributed by atoms with Crippen LogP contribution in [0.4, 0.5) is 4.79 Å². The number of nitrogens with zero attached hydrogens (tertiary/aromatic N) is 1. The average Bonchev–Trinajstić information content (AvgIpc) is 3.09. The summed E-state index contributed by atoms with van der Waals surface area (Å²) < 4.78 is 35.6. The van der Waals surface area contributed by atoms with Crippen LogP contribution in [0.25, 0.3) is 6.08 Å². The standard InChI is InChI=1S/C25H21NO6S2/c1-17-8-10-18(11-9-17)16-26-24(27)23(33-25(26)28)15-19-12-13-21(22(14-19)31-2)32-34(29,30)20-6-4-3-5-7-20/h3-15H,16H2,1-2H3/b23-15-. The number of aryl methyl sites for hydroxylation is 1. The molecule has 9 heteroatoms. The summed E-state index contributed by atoms with van der Waals surface area (Å²) in [4.78, 5) is 26.8. The molecule has 2 amide bonds. The number of benzene rings is 3. The second-order valence-corrected chi connectivity index (χ2v) is 10.1. The minimum absolute atomic E-state index is 0.0102. The fraction of sp³-hybridized carbons (Fsp3) is 0.120. The van der Waals surface area contributed by atoms with E-state index in [2.05, 4.69) is 0 Å². The van der Waals surface area contributed by atoms with Crippen LogP contribution in [0.1, 0.15) is 16.7 Å². The van der Waals surface area contributed by atoms with Crippen LogP contribution in [0.2, 0.25) is 0 Å². The summed E-state index contributed by atoms with van der Waals surface area (Å²) in [7, 11) is -2.66. The monoisotopic (exact) mass is 495 g/mol. The molecule has 34 heavy (non-hydrogen) atoms. The van der Waals surface area contributed by atoms with Crippen LogP contribution in [0, 0.1) is 6.92 Å². The molecule has 3 aromatic rings. The quantitative estimate of drug-likeness (QED) is 0.336. The Balaban J connectivity index is 1.54. The lowest BCUT2D eigenvalue weighted by Gasteiger charge is -2.12. The summed E-state index contributed by atoms with van der Waals surface area (Å²) in [5.41, 5.74) is 2.51. The van der Waals surface area contributed by atoms with Gasteiger partial charge < -0.3 is 8.92 Å². The summed E-state index contributed by atoms with van der Waals surface area (Å²) in [6, 6.07) is 20.0. The lowest BCUT2D eigenvalue weighted by molar-refractivity contribution is -0.123. The molecule has 1 fully saturated rings. The maximum atomic E-state index is 12.8. The van der Waals surface area contributed by atoms with Gasteiger partial charge in [-0.05, 0) is 60.2 Å². The van der Waals surface area contributed by atoms with Gasteiger partial charge in [-0.2, -0.15) is 8.42 Å². The molecule has 0 unspecified atom stereocenters. The molecule has 0 aromatic heterocycles. The molecule has 0 atom stereocenters. The SMILES string of the molecule is COc1cc(/C=C2\SC(=O)N(Cc3ccc(C)cc3)C2=O)ccc1OS(=O)(=O)c1ccccc1. The van der Waals surface area contributed by atoms with E-state index < -0.39 is 10.1 Å². The maximum Gasteiger partial charge on any atom is 0.339 e. The lowest BCUT2D eigenvalue weighted by atomic mass is 10.1. The molecule has 7 nitrogen and oxygen atoms in total. The van der Waals surface area contributed by atoms with Crippen LogP contribution in [0.3, 0.4) is 0 Å². The van der Waals surface area contributed by atoms with Gasteiger partial charge in [0, 0.05) is 0 Å². The first-order chi connectivity index (χ1) is 16.3. The van der Waals surface area contributed by atoms with Crippen molar-refractivity contribution in [2.24, 2.45) is 0 Å². The number of carbonyl (C=O) groups excluding carboxylic acids is 2. The third-order valence-corrected chi connectivity index (χ3v) is 7.21. The van der Waals surface area contributed by atoms with E-state index in [1.165, 1.54) is 30.2 Å². The van der Waals surface area contributed by atoms with Crippen molar-refractivity contribution in [3.8, 4) is 11.5 Å². The van der Waals surface area contributed by atoms with E-state index in [1.54, 1.807) is 36.4 Å². The van der Waals surface area contributed by atoms with E-state index in [9.17, 15) is 18.0 Å². The van der Waals surface area contributed by atoms with Crippen molar-refractivity contribution in [2.75, 3.05) is 7.11 Å². The normalized spacial score (nSPS) is 15.1. The average molecular weight is 496 g/mol. The van der Waals surface area contributed by atoms with E-state index in [-0.39, 0.29) is 39.0 Å². The van der Waals surface area contributed by atoms with Gasteiger partial charge in [-0.25, -0.2) is 0 Å². The molecule has 1 saturated heterocycles. The van der Waals surface area contributed by atoms with Crippen LogP contribution >= 0.6 is 11.8 Å². The van der Waals surface area contributed by atoms with Gasteiger partial charge in [-0.3, -0.25) is 14.5 Å². The van der Waals surface area contributed by atoms with Crippen LogP contribution in [-0.2, 0) is 21.5 Å². The highest BCUT2D eigenvalue weighted by Crippen LogP contribution is 2.36. The molecule has 1 aliphatic heterocycles. The zero-order chi connectivity index (χ0) is 24.3. The Hall–Kier alpha value is -3.56. The molecule has 4 rings (SSSR count). The van der Waals surface area contributed by atoms with Crippen LogP contribution in [0.15, 0.2) is 82.6 Å². The zero-order valence-corrected chi connectivity index (χ0v) is 20.1. The minimum Gasteiger partial charge on any atom is -0.493 e. The molecular formula is C25H21NO6S2. The van der Waals surface area contributed by atoms with Crippen molar-refractivity contribution >= 4 is 39.1 Å². The van der Waals surface area contributed by atoms with Gasteiger partial charge in [0.05, 0.1) is 18.6 Å². The molecule has 1 aliphatic rings. The van der Waals surface area contributed by atoms with E-state index in [0.29, 0.717) is 5.56 Å². The number of hydrogen-bond donors (Lipinski definition) is 0. The van der Waals surface area contributed by atoms with Crippen molar-refractivity contribution in [3.05, 3.63) is 94.4 Å². The number of carbonyl (C=O) groups is 2. The third kappa shape index (κ3) is 5.16. The van der Waals surface area contributed by atoms with Gasteiger partial charge in [-0.1, -0.05) is 54.1 Å². The summed E-state index contributed by atoms with van der Waals surface area (Å²) in [5, 5.41) is -0.349. The number of imide groups is 1. The predicted octanol–water partition coefficient (Wildman–Crippen LogP) is 5.01. The van der Waals surface area contributed by atoms with Crippen LogP contribution in [0.5, 0.6) is 11.5 Å². The highest BCUT2D eigenvalue weighted by atomic mass is 32.2. The Morgan fingerprint density at radius 3 is 2.32 bits per heavy atom. The Morgan fingerprint density at radius 2 is 1.65 bits per heavy atom. The zero-order valence-electron chi connectivity index (χ0n) is 18.4. The predicted molar refractivity (Wildman–Crippen MR) is 130 cm³/mol. The van der Waals surface area contributed by atoms with Crippen molar-refractivity contribution in [2.45, 2.75) is 18.4 Å². The van der Waals surface area contributed by atoms with Gasteiger partial charge in [0.1, 0.15) is 4.90 Å². The Bertz CT molecular complexity index is 1370. The second kappa shape index (κ2) is 9.74. The number of hydrogen-bond acceptors (Lipinski definition) is 7. The first-order valence-electron chi connectivity index (χ1n) is 10.3. The molecular weight excluding hydrogens is 474 g/mol. The molecule has 0 N–H and O–H groups in total. The number of methoxy groups -OCH3 is 1. The summed E-state index contributed by atoms with van der Waals surface area (Å²) in [6.07, 6.45) is 1.57. The molecule has 0 radical (unpaired) electrons. The highest BCUT2D eigenvalue weighted by Gasteiger charge is 2.35. The molecule has 0 saturated carbocycles. The van der Waals surface area contributed by atoms with Crippen molar-refractivity contribution in [3.63, 3.8) is 0 Å². The molecule has 0 bridgehead atoms. The number of amides is 2. The first-order valence-corrected chi connectivity index (χ1v) is 12.5. The van der Waals surface area contributed by atoms with E-state index in [0.717, 1.165) is 22.9 Å². The second-order valence-electron chi connectivity index (χ2n) is 7.51. The number of rotatable bonds is 7. The molecule has 1 heterocycles. The van der Waals surface area contributed by atoms with Crippen molar-refractivity contribution in [1.82, 2.24) is 4.90 Å². The van der Waals surface area contributed by atoms with Gasteiger partial charge in [0.25, 0.3) is 11.1 Å². The Labute approximate surface area is 202 Å². The first kappa shape index (κ1) is 23.6. The van der Waals surface area contributed by atoms with Gasteiger partial charge >= 0.3 is 10.1 Å². The van der Waals surface area contributed by atoms with Crippen molar-refractivity contribution < 1.29 is 26.9 Å². The van der Waals surface area contributed by atoms with Gasteiger partial charge in [0.2, 0.25) is 0 Å². The van der Waals surface area contributed by atoms with Gasteiger partial charge in [-0.15, -0.1) is 0 Å². The number of ether oxygens (including phenoxy) is 1. The Morgan fingerprint density at radius 1 is 0.941 bits per heavy atom. The fourth-order valence-corrected chi connectivity index (χ4v) is 5.06. The lowest BCUT2D eigenvalue weighted by Crippen LogP contribution is -2.27. The summed E-state index contributed by atoms with van der Waals surface area (Å²) in [5.74, 6) is -0.204. The van der Waals surface area contributed by atoms with E-state index >= 15 is 0 Å². The van der Waals surface area contributed by atoms with Crippen LogP contribution < -0.4 is 8.92 Å². The molecule has 174 valence electrons. The fourth-order valence-electron chi connectivity index (χ4n) is 3.26. The number of thioether (sulfide) groups is 1. The van der Waals surface area contributed by atoms with Gasteiger partial charge in [0.15, 0.2) is 11.5 Å². The smallest absolute Gasteiger partial charge is 0.339 e. The molecule has 3 aromatic carbocycles. The largest absolute Gasteiger partial charge is 0.493 e. The highest BCUT2D eigenvalue weighted by molar-refractivity contribution is 8.18. The van der Waals surface area contributed by atoms with E-state index in [1.807, 2.05) is 31.2 Å². The maximum absolute atomic E-state index is 12.8. The van der Waals surface area contributed by atoms with Crippen LogP contribution in [-0.4, -0.2) is 31.6 Å². The Kier molecular flexibility index (Phi) is 6.76. The third-order valence-electron chi connectivity index (χ3n) is 5.05. The minimum atomic E-state index is -4.04. The summed E-state index contributed by atoms with van der Waals surface area (Å²) in [6.45, 7) is 2.16. The topological polar surface area (TPSA) is 90.0 Å².